The number of carbonyl (C=O) groups is 2. The summed E-state index contributed by atoms with van der Waals surface area (Å²) in [6, 6.07) is 4.24. The maximum atomic E-state index is 11.7. The van der Waals surface area contributed by atoms with Crippen molar-refractivity contribution in [1.29, 1.82) is 0 Å². The Morgan fingerprint density at radius 1 is 1.20 bits per heavy atom. The van der Waals surface area contributed by atoms with Crippen LogP contribution in [0.1, 0.15) is 36.0 Å². The minimum absolute atomic E-state index is 0.0176. The summed E-state index contributed by atoms with van der Waals surface area (Å²) in [6.45, 7) is 0.387. The molecule has 1 aromatic carbocycles. The largest absolute Gasteiger partial charge is 0.504 e. The van der Waals surface area contributed by atoms with Crippen LogP contribution in [-0.2, 0) is 4.79 Å². The molecule has 0 saturated heterocycles. The molecular weight excluding hydrogens is 260 g/mol. The van der Waals surface area contributed by atoms with Gasteiger partial charge < -0.3 is 20.8 Å². The van der Waals surface area contributed by atoms with Gasteiger partial charge in [-0.2, -0.15) is 0 Å². The van der Waals surface area contributed by atoms with E-state index in [0.29, 0.717) is 25.4 Å². The minimum atomic E-state index is -0.345. The summed E-state index contributed by atoms with van der Waals surface area (Å²) in [4.78, 5) is 23.1. The van der Waals surface area contributed by atoms with Gasteiger partial charge in [0.15, 0.2) is 11.5 Å². The van der Waals surface area contributed by atoms with Crippen molar-refractivity contribution in [3.05, 3.63) is 23.8 Å². The zero-order valence-corrected chi connectivity index (χ0v) is 11.1. The van der Waals surface area contributed by atoms with Crippen LogP contribution in [0.5, 0.6) is 11.5 Å². The van der Waals surface area contributed by atoms with Crippen LogP contribution in [0.4, 0.5) is 0 Å². The Morgan fingerprint density at radius 3 is 2.60 bits per heavy atom. The van der Waals surface area contributed by atoms with Gasteiger partial charge in [0.1, 0.15) is 0 Å². The van der Waals surface area contributed by atoms with E-state index >= 15 is 0 Å². The van der Waals surface area contributed by atoms with Crippen LogP contribution < -0.4 is 10.6 Å². The molecule has 0 bridgehead atoms. The number of aromatic hydroxyl groups is 2. The number of benzene rings is 1. The van der Waals surface area contributed by atoms with Crippen molar-refractivity contribution in [2.75, 3.05) is 6.54 Å². The summed E-state index contributed by atoms with van der Waals surface area (Å²) >= 11 is 0. The third-order valence-corrected chi connectivity index (χ3v) is 3.05. The Hall–Kier alpha value is -2.24. The predicted molar refractivity (Wildman–Crippen MR) is 72.5 cm³/mol. The lowest BCUT2D eigenvalue weighted by Gasteiger charge is -2.06. The highest BCUT2D eigenvalue weighted by Gasteiger charge is 2.22. The van der Waals surface area contributed by atoms with Crippen molar-refractivity contribution in [2.45, 2.75) is 31.7 Å². The Bertz CT molecular complexity index is 512. The molecule has 4 N–H and O–H groups in total. The molecule has 1 saturated carbocycles. The monoisotopic (exact) mass is 278 g/mol. The van der Waals surface area contributed by atoms with Gasteiger partial charge in [-0.1, -0.05) is 0 Å². The van der Waals surface area contributed by atoms with Crippen LogP contribution in [0.2, 0.25) is 0 Å². The molecule has 1 aliphatic carbocycles. The summed E-state index contributed by atoms with van der Waals surface area (Å²) in [5.74, 6) is -0.924. The minimum Gasteiger partial charge on any atom is -0.504 e. The Labute approximate surface area is 116 Å². The summed E-state index contributed by atoms with van der Waals surface area (Å²) in [5, 5.41) is 24.0. The van der Waals surface area contributed by atoms with Crippen molar-refractivity contribution in [1.82, 2.24) is 10.6 Å². The zero-order chi connectivity index (χ0) is 14.5. The molecule has 20 heavy (non-hydrogen) atoms. The highest BCUT2D eigenvalue weighted by molar-refractivity contribution is 5.94. The van der Waals surface area contributed by atoms with Gasteiger partial charge in [-0.05, 0) is 37.5 Å². The van der Waals surface area contributed by atoms with Crippen LogP contribution in [0, 0.1) is 0 Å². The zero-order valence-electron chi connectivity index (χ0n) is 11.1. The molecule has 0 spiro atoms. The molecule has 1 aromatic rings. The molecule has 0 radical (unpaired) electrons. The fourth-order valence-corrected chi connectivity index (χ4v) is 1.75. The Balaban J connectivity index is 1.68. The van der Waals surface area contributed by atoms with E-state index in [-0.39, 0.29) is 28.9 Å². The van der Waals surface area contributed by atoms with E-state index in [2.05, 4.69) is 10.6 Å². The van der Waals surface area contributed by atoms with E-state index in [4.69, 9.17) is 5.11 Å². The van der Waals surface area contributed by atoms with E-state index < -0.39 is 0 Å². The highest BCUT2D eigenvalue weighted by atomic mass is 16.3. The summed E-state index contributed by atoms with van der Waals surface area (Å²) in [5.41, 5.74) is 0.266. The number of amides is 2. The second-order valence-electron chi connectivity index (χ2n) is 4.90. The van der Waals surface area contributed by atoms with Crippen LogP contribution >= 0.6 is 0 Å². The molecule has 1 fully saturated rings. The standard InChI is InChI=1S/C14H18N2O4/c17-11-6-3-9(8-12(11)18)14(20)15-7-1-2-13(19)16-10-4-5-10/h3,6,8,10,17-18H,1-2,4-5,7H2,(H,15,20)(H,16,19). The first-order chi connectivity index (χ1) is 9.56. The molecule has 0 heterocycles. The Kier molecular flexibility index (Phi) is 4.45. The van der Waals surface area contributed by atoms with Crippen LogP contribution in [0.15, 0.2) is 18.2 Å². The highest BCUT2D eigenvalue weighted by Crippen LogP contribution is 2.24. The maximum Gasteiger partial charge on any atom is 0.251 e. The lowest BCUT2D eigenvalue weighted by atomic mass is 10.2. The molecule has 2 amide bonds. The van der Waals surface area contributed by atoms with E-state index in [1.54, 1.807) is 0 Å². The van der Waals surface area contributed by atoms with Gasteiger partial charge >= 0.3 is 0 Å². The van der Waals surface area contributed by atoms with Gasteiger partial charge in [-0.15, -0.1) is 0 Å². The molecule has 1 aliphatic rings. The first kappa shape index (κ1) is 14.2. The quantitative estimate of drug-likeness (QED) is 0.458. The van der Waals surface area contributed by atoms with Crippen LogP contribution in [0.3, 0.4) is 0 Å². The predicted octanol–water partition coefficient (Wildman–Crippen LogP) is 0.886. The third-order valence-electron chi connectivity index (χ3n) is 3.05. The molecule has 0 unspecified atom stereocenters. The van der Waals surface area contributed by atoms with Crippen LogP contribution in [0.25, 0.3) is 0 Å². The molecule has 6 nitrogen and oxygen atoms in total. The van der Waals surface area contributed by atoms with E-state index in [9.17, 15) is 14.7 Å². The number of phenols is 2. The summed E-state index contributed by atoms with van der Waals surface area (Å²) in [7, 11) is 0. The molecule has 108 valence electrons. The van der Waals surface area contributed by atoms with Crippen LogP contribution in [-0.4, -0.2) is 34.6 Å². The average molecular weight is 278 g/mol. The lowest BCUT2D eigenvalue weighted by molar-refractivity contribution is -0.121. The molecule has 6 heteroatoms. The number of carbonyl (C=O) groups excluding carboxylic acids is 2. The van der Waals surface area contributed by atoms with Crippen molar-refractivity contribution < 1.29 is 19.8 Å². The van der Waals surface area contributed by atoms with Gasteiger partial charge in [-0.25, -0.2) is 0 Å². The number of phenolic OH excluding ortho intramolecular Hbond substituents is 2. The second-order valence-corrected chi connectivity index (χ2v) is 4.90. The van der Waals surface area contributed by atoms with Crippen molar-refractivity contribution in [2.24, 2.45) is 0 Å². The fourth-order valence-electron chi connectivity index (χ4n) is 1.75. The Morgan fingerprint density at radius 2 is 1.95 bits per heavy atom. The molecule has 2 rings (SSSR count). The molecular formula is C14H18N2O4. The van der Waals surface area contributed by atoms with E-state index in [0.717, 1.165) is 12.8 Å². The summed E-state index contributed by atoms with van der Waals surface area (Å²) in [6.07, 6.45) is 3.08. The summed E-state index contributed by atoms with van der Waals surface area (Å²) < 4.78 is 0. The number of hydrogen-bond donors (Lipinski definition) is 4. The smallest absolute Gasteiger partial charge is 0.251 e. The van der Waals surface area contributed by atoms with Gasteiger partial charge in [0.25, 0.3) is 5.91 Å². The number of nitrogens with one attached hydrogen (secondary N) is 2. The normalized spacial score (nSPS) is 13.8. The first-order valence-electron chi connectivity index (χ1n) is 6.66. The van der Waals surface area contributed by atoms with Gasteiger partial charge in [0, 0.05) is 24.6 Å². The van der Waals surface area contributed by atoms with Crippen molar-refractivity contribution >= 4 is 11.8 Å². The van der Waals surface area contributed by atoms with Crippen molar-refractivity contribution in [3.8, 4) is 11.5 Å². The maximum absolute atomic E-state index is 11.7. The fraction of sp³-hybridized carbons (Fsp3) is 0.429. The van der Waals surface area contributed by atoms with Gasteiger partial charge in [-0.3, -0.25) is 9.59 Å². The number of rotatable bonds is 6. The SMILES string of the molecule is O=C(CCCNC(=O)c1ccc(O)c(O)c1)NC1CC1. The first-order valence-corrected chi connectivity index (χ1v) is 6.66. The lowest BCUT2D eigenvalue weighted by Crippen LogP contribution is -2.28. The van der Waals surface area contributed by atoms with Crippen molar-refractivity contribution in [3.63, 3.8) is 0 Å². The molecule has 0 atom stereocenters. The second kappa shape index (κ2) is 6.27. The van der Waals surface area contributed by atoms with E-state index in [1.807, 2.05) is 0 Å². The topological polar surface area (TPSA) is 98.7 Å². The van der Waals surface area contributed by atoms with E-state index in [1.165, 1.54) is 18.2 Å². The number of hydrogen-bond acceptors (Lipinski definition) is 4. The van der Waals surface area contributed by atoms with Gasteiger partial charge in [0.05, 0.1) is 0 Å². The molecule has 0 aliphatic heterocycles. The molecule has 0 aromatic heterocycles. The average Bonchev–Trinajstić information content (AvgIpc) is 3.21. The van der Waals surface area contributed by atoms with Gasteiger partial charge in [0.2, 0.25) is 5.91 Å². The third kappa shape index (κ3) is 4.15.